The van der Waals surface area contributed by atoms with E-state index in [1.54, 1.807) is 12.1 Å². The maximum atomic E-state index is 12.8. The summed E-state index contributed by atoms with van der Waals surface area (Å²) >= 11 is 0. The van der Waals surface area contributed by atoms with Crippen molar-refractivity contribution in [2.45, 2.75) is 44.8 Å². The molecule has 2 atom stereocenters. The summed E-state index contributed by atoms with van der Waals surface area (Å²) in [6.45, 7) is 1.39. The zero-order chi connectivity index (χ0) is 19.0. The van der Waals surface area contributed by atoms with Crippen molar-refractivity contribution < 1.29 is 23.5 Å². The van der Waals surface area contributed by atoms with Crippen LogP contribution in [0.2, 0.25) is 0 Å². The minimum Gasteiger partial charge on any atom is -0.454 e. The van der Waals surface area contributed by atoms with Crippen molar-refractivity contribution in [1.82, 2.24) is 15.2 Å². The van der Waals surface area contributed by atoms with Gasteiger partial charge in [0.1, 0.15) is 17.6 Å². The van der Waals surface area contributed by atoms with Crippen LogP contribution < -0.4 is 5.32 Å². The van der Waals surface area contributed by atoms with E-state index >= 15 is 0 Å². The lowest BCUT2D eigenvalue weighted by atomic mass is 9.73. The number of amides is 3. The number of carbonyl (C=O) groups excluding carboxylic acids is 3. The minimum atomic E-state index is -0.879. The number of aromatic nitrogens is 1. The summed E-state index contributed by atoms with van der Waals surface area (Å²) in [5.74, 6) is -0.706. The molecule has 1 aliphatic carbocycles. The molecular formula is C19H21N3O5. The topological polar surface area (TPSA) is 102 Å². The van der Waals surface area contributed by atoms with Crippen LogP contribution in [-0.4, -0.2) is 39.9 Å². The SMILES string of the molecule is C[C@H]1CCCC[C@@]12NC(=O)N(CC(=O)OCc1nc3ccccc3o1)C2=O. The highest BCUT2D eigenvalue weighted by atomic mass is 16.5. The van der Waals surface area contributed by atoms with Gasteiger partial charge < -0.3 is 14.5 Å². The van der Waals surface area contributed by atoms with Gasteiger partial charge in [0.25, 0.3) is 5.91 Å². The van der Waals surface area contributed by atoms with Crippen LogP contribution in [0.15, 0.2) is 28.7 Å². The Balaban J connectivity index is 1.39. The smallest absolute Gasteiger partial charge is 0.326 e. The summed E-state index contributed by atoms with van der Waals surface area (Å²) in [4.78, 5) is 42.5. The highest BCUT2D eigenvalue weighted by Gasteiger charge is 2.55. The van der Waals surface area contributed by atoms with Gasteiger partial charge in [-0.2, -0.15) is 0 Å². The Morgan fingerprint density at radius 2 is 2.19 bits per heavy atom. The number of hydrogen-bond donors (Lipinski definition) is 1. The number of carbonyl (C=O) groups is 3. The number of nitrogens with zero attached hydrogens (tertiary/aromatic N) is 2. The van der Waals surface area contributed by atoms with Crippen LogP contribution in [0.25, 0.3) is 11.1 Å². The van der Waals surface area contributed by atoms with Crippen molar-refractivity contribution in [3.63, 3.8) is 0 Å². The zero-order valence-corrected chi connectivity index (χ0v) is 15.1. The minimum absolute atomic E-state index is 0.0449. The van der Waals surface area contributed by atoms with E-state index in [1.807, 2.05) is 19.1 Å². The predicted molar refractivity (Wildman–Crippen MR) is 94.4 cm³/mol. The van der Waals surface area contributed by atoms with Crippen LogP contribution >= 0.6 is 0 Å². The number of nitrogens with one attached hydrogen (secondary N) is 1. The number of ether oxygens (including phenoxy) is 1. The largest absolute Gasteiger partial charge is 0.454 e. The fraction of sp³-hybridized carbons (Fsp3) is 0.474. The summed E-state index contributed by atoms with van der Waals surface area (Å²) in [5.41, 5.74) is 0.396. The van der Waals surface area contributed by atoms with Crippen molar-refractivity contribution in [2.24, 2.45) is 5.92 Å². The highest BCUT2D eigenvalue weighted by molar-refractivity contribution is 6.08. The number of oxazole rings is 1. The summed E-state index contributed by atoms with van der Waals surface area (Å²) in [6.07, 6.45) is 3.40. The number of hydrogen-bond acceptors (Lipinski definition) is 6. The molecule has 0 bridgehead atoms. The first-order chi connectivity index (χ1) is 13.0. The van der Waals surface area contributed by atoms with E-state index in [2.05, 4.69) is 10.3 Å². The molecule has 1 aromatic carbocycles. The van der Waals surface area contributed by atoms with E-state index in [4.69, 9.17) is 9.15 Å². The molecule has 142 valence electrons. The summed E-state index contributed by atoms with van der Waals surface area (Å²) in [6, 6.07) is 6.68. The van der Waals surface area contributed by atoms with Gasteiger partial charge in [-0.05, 0) is 30.9 Å². The molecule has 8 nitrogen and oxygen atoms in total. The second-order valence-corrected chi connectivity index (χ2v) is 7.18. The molecule has 0 radical (unpaired) electrons. The number of rotatable bonds is 4. The molecule has 1 spiro atoms. The van der Waals surface area contributed by atoms with Crippen molar-refractivity contribution in [3.05, 3.63) is 30.2 Å². The van der Waals surface area contributed by atoms with Crippen molar-refractivity contribution in [3.8, 4) is 0 Å². The molecular weight excluding hydrogens is 350 g/mol. The molecule has 2 aliphatic rings. The Labute approximate surface area is 155 Å². The van der Waals surface area contributed by atoms with Crippen molar-refractivity contribution in [1.29, 1.82) is 0 Å². The molecule has 1 saturated carbocycles. The lowest BCUT2D eigenvalue weighted by molar-refractivity contribution is -0.150. The van der Waals surface area contributed by atoms with E-state index in [9.17, 15) is 14.4 Å². The van der Waals surface area contributed by atoms with Gasteiger partial charge in [0.2, 0.25) is 5.89 Å². The number of imide groups is 1. The van der Waals surface area contributed by atoms with Gasteiger partial charge in [-0.15, -0.1) is 0 Å². The van der Waals surface area contributed by atoms with E-state index in [1.165, 1.54) is 0 Å². The Kier molecular flexibility index (Phi) is 4.33. The van der Waals surface area contributed by atoms with Crippen molar-refractivity contribution in [2.75, 3.05) is 6.54 Å². The van der Waals surface area contributed by atoms with E-state index in [0.29, 0.717) is 17.5 Å². The first kappa shape index (κ1) is 17.5. The van der Waals surface area contributed by atoms with E-state index < -0.39 is 24.1 Å². The molecule has 2 fully saturated rings. The summed E-state index contributed by atoms with van der Waals surface area (Å²) in [7, 11) is 0. The standard InChI is InChI=1S/C19H21N3O5/c1-12-6-4-5-9-19(12)17(24)22(18(25)21-19)10-16(23)26-11-15-20-13-7-2-3-8-14(13)27-15/h2-3,7-8,12H,4-6,9-11H2,1H3,(H,21,25)/t12-,19+/m0/s1. The van der Waals surface area contributed by atoms with Gasteiger partial charge in [0, 0.05) is 0 Å². The van der Waals surface area contributed by atoms with Crippen LogP contribution in [0.5, 0.6) is 0 Å². The number of fused-ring (bicyclic) bond motifs is 1. The maximum Gasteiger partial charge on any atom is 0.326 e. The van der Waals surface area contributed by atoms with Gasteiger partial charge in [-0.25, -0.2) is 9.78 Å². The third kappa shape index (κ3) is 3.05. The molecule has 1 saturated heterocycles. The Morgan fingerprint density at radius 3 is 2.96 bits per heavy atom. The Bertz CT molecular complexity index is 875. The van der Waals surface area contributed by atoms with Crippen LogP contribution in [0.1, 0.15) is 38.5 Å². The molecule has 0 unspecified atom stereocenters. The lowest BCUT2D eigenvalue weighted by Crippen LogP contribution is -2.54. The second-order valence-electron chi connectivity index (χ2n) is 7.18. The van der Waals surface area contributed by atoms with Gasteiger partial charge >= 0.3 is 12.0 Å². The Morgan fingerprint density at radius 1 is 1.37 bits per heavy atom. The molecule has 3 amide bonds. The number of urea groups is 1. The third-order valence-electron chi connectivity index (χ3n) is 5.48. The van der Waals surface area contributed by atoms with Crippen LogP contribution in [0.4, 0.5) is 4.79 Å². The molecule has 1 aromatic heterocycles. The third-order valence-corrected chi connectivity index (χ3v) is 5.48. The van der Waals surface area contributed by atoms with E-state index in [-0.39, 0.29) is 24.3 Å². The van der Waals surface area contributed by atoms with Crippen LogP contribution in [-0.2, 0) is 20.9 Å². The summed E-state index contributed by atoms with van der Waals surface area (Å²) < 4.78 is 10.6. The zero-order valence-electron chi connectivity index (χ0n) is 15.1. The lowest BCUT2D eigenvalue weighted by Gasteiger charge is -2.36. The van der Waals surface area contributed by atoms with Gasteiger partial charge in [-0.3, -0.25) is 14.5 Å². The quantitative estimate of drug-likeness (QED) is 0.654. The molecule has 1 aliphatic heterocycles. The average Bonchev–Trinajstić information content (AvgIpc) is 3.17. The van der Waals surface area contributed by atoms with Gasteiger partial charge in [0.05, 0.1) is 0 Å². The highest BCUT2D eigenvalue weighted by Crippen LogP contribution is 2.38. The Hall–Kier alpha value is -2.90. The van der Waals surface area contributed by atoms with Gasteiger partial charge in [-0.1, -0.05) is 31.9 Å². The van der Waals surface area contributed by atoms with Crippen LogP contribution in [0.3, 0.4) is 0 Å². The molecule has 2 heterocycles. The fourth-order valence-electron chi connectivity index (χ4n) is 3.94. The predicted octanol–water partition coefficient (Wildman–Crippen LogP) is 2.37. The first-order valence-corrected chi connectivity index (χ1v) is 9.14. The molecule has 2 aromatic rings. The van der Waals surface area contributed by atoms with Crippen molar-refractivity contribution >= 4 is 29.0 Å². The normalized spacial score (nSPS) is 25.2. The fourth-order valence-corrected chi connectivity index (χ4v) is 3.94. The number of benzene rings is 1. The summed E-state index contributed by atoms with van der Waals surface area (Å²) in [5, 5.41) is 2.81. The molecule has 8 heteroatoms. The molecule has 1 N–H and O–H groups in total. The average molecular weight is 371 g/mol. The number of esters is 1. The molecule has 4 rings (SSSR count). The maximum absolute atomic E-state index is 12.8. The second kappa shape index (κ2) is 6.68. The van der Waals surface area contributed by atoms with E-state index in [0.717, 1.165) is 24.2 Å². The van der Waals surface area contributed by atoms with Gasteiger partial charge in [0.15, 0.2) is 12.2 Å². The first-order valence-electron chi connectivity index (χ1n) is 9.14. The van der Waals surface area contributed by atoms with Crippen LogP contribution in [0, 0.1) is 5.92 Å². The number of para-hydroxylation sites is 2. The molecule has 27 heavy (non-hydrogen) atoms. The monoisotopic (exact) mass is 371 g/mol.